The van der Waals surface area contributed by atoms with Crippen LogP contribution in [0.3, 0.4) is 0 Å². The van der Waals surface area contributed by atoms with Gasteiger partial charge in [0, 0.05) is 25.4 Å². The Morgan fingerprint density at radius 1 is 0.296 bits per heavy atom. The lowest BCUT2D eigenvalue weighted by atomic mass is 9.99. The lowest BCUT2D eigenvalue weighted by molar-refractivity contribution is -0.301. The Morgan fingerprint density at radius 3 is 0.958 bits per heavy atom. The third-order valence-corrected chi connectivity index (χ3v) is 26.5. The Hall–Kier alpha value is -7.94. The van der Waals surface area contributed by atoms with Crippen LogP contribution in [-0.4, -0.2) is 333 Å². The van der Waals surface area contributed by atoms with E-state index >= 15 is 0 Å². The highest BCUT2D eigenvalue weighted by atomic mass is 32.2. The first-order chi connectivity index (χ1) is 68.3. The zero-order valence-corrected chi connectivity index (χ0v) is 81.0. The lowest BCUT2D eigenvalue weighted by Gasteiger charge is -2.39. The molecule has 5 fully saturated rings. The Kier molecular flexibility index (Phi) is 51.0. The second-order valence-electron chi connectivity index (χ2n) is 34.7. The van der Waals surface area contributed by atoms with Gasteiger partial charge < -0.3 is 164 Å². The van der Waals surface area contributed by atoms with Crippen molar-refractivity contribution in [3.8, 4) is 28.7 Å². The molecule has 8 aromatic carbocycles. The van der Waals surface area contributed by atoms with Gasteiger partial charge in [-0.1, -0.05) is 121 Å². The highest BCUT2D eigenvalue weighted by molar-refractivity contribution is 8.00. The second-order valence-corrected chi connectivity index (χ2v) is 37.1. The van der Waals surface area contributed by atoms with Gasteiger partial charge in [-0.3, -0.25) is 0 Å². The quantitative estimate of drug-likeness (QED) is 0.0154. The zero-order valence-electron chi connectivity index (χ0n) is 79.4. The molecule has 142 heavy (non-hydrogen) atoms. The number of ether oxygens (including phenoxy) is 13. The van der Waals surface area contributed by atoms with Crippen LogP contribution in [0.4, 0.5) is 17.6 Å². The molecule has 0 radical (unpaired) electrons. The smallest absolute Gasteiger partial charge is 0.416 e. The fourth-order valence-corrected chi connectivity index (χ4v) is 17.7. The van der Waals surface area contributed by atoms with Gasteiger partial charge in [0.15, 0.2) is 18.9 Å². The molecule has 0 saturated carbocycles. The Balaban J connectivity index is 0.000000200. The third-order valence-electron chi connectivity index (χ3n) is 24.1. The van der Waals surface area contributed by atoms with E-state index in [-0.39, 0.29) is 32.2 Å². The normalized spacial score (nSPS) is 27.5. The summed E-state index contributed by atoms with van der Waals surface area (Å²) in [5.41, 5.74) is 6.99. The number of aryl methyl sites for hydroxylation is 6. The van der Waals surface area contributed by atoms with E-state index in [0.717, 1.165) is 128 Å². The minimum atomic E-state index is -4.39. The van der Waals surface area contributed by atoms with Gasteiger partial charge in [-0.25, -0.2) is 4.39 Å². The largest absolute Gasteiger partial charge is 0.497 e. The molecule has 0 aromatic heterocycles. The summed E-state index contributed by atoms with van der Waals surface area (Å²) in [6.07, 6.45) is -21.9. The van der Waals surface area contributed by atoms with Gasteiger partial charge in [-0.2, -0.15) is 13.2 Å². The van der Waals surface area contributed by atoms with Crippen LogP contribution >= 0.6 is 23.5 Å². The van der Waals surface area contributed by atoms with E-state index in [1.54, 1.807) is 50.6 Å². The van der Waals surface area contributed by atoms with Crippen molar-refractivity contribution in [2.75, 3.05) is 78.6 Å². The van der Waals surface area contributed by atoms with Crippen molar-refractivity contribution in [3.05, 3.63) is 256 Å². The third kappa shape index (κ3) is 37.5. The molecule has 0 amide bonds. The van der Waals surface area contributed by atoms with Crippen LogP contribution in [0.15, 0.2) is 194 Å². The number of halogens is 4. The summed E-state index contributed by atoms with van der Waals surface area (Å²) >= 11 is 2.75. The monoisotopic (exact) mass is 2040 g/mol. The molecule has 5 saturated heterocycles. The molecule has 25 atom stereocenters. The number of rotatable bonds is 44. The van der Waals surface area contributed by atoms with E-state index in [2.05, 4.69) is 31.2 Å². The molecule has 0 unspecified atom stereocenters. The molecule has 13 rings (SSSR count). The summed E-state index contributed by atoms with van der Waals surface area (Å²) in [5.74, 6) is 4.83. The fourth-order valence-electron chi connectivity index (χ4n) is 15.3. The maximum absolute atomic E-state index is 13.6. The second kappa shape index (κ2) is 61.6. The maximum atomic E-state index is 13.6. The van der Waals surface area contributed by atoms with Crippen LogP contribution in [0.1, 0.15) is 107 Å². The van der Waals surface area contributed by atoms with Crippen molar-refractivity contribution in [2.45, 2.75) is 268 Å². The number of hydrogen-bond acceptors (Lipinski definition) is 35. The number of alkyl halides is 3. The standard InChI is InChI=1S/C24H29F3O7.C24H32O7.C23H29FO7.C17H26O6S.C15H22O6S/c25-24(26,27)17-6-3-5-16(12-17)14-33-18-9-7-15(8-10-18)4-1-2-11-32-23-22(31)21(30)20(29)19(13-28)34-23;1-16-5-7-18(8-6-16)15-30-19-11-9-17(10-12-19)4-2-3-13-29-24-23(28)22(27)21(26)20(14-25)31-24;24-18-7-2-1-6-16(18)14-30-17-10-8-15(9-11-17)5-3-4-12-29-23-22(28)21(27)20(26)19(13-25)31-23;1-22-12-7-5-11(6-8-12)4-2-3-9-24-17-16(21)15(20)14(19)13(10-18)23-17;1-20-10-4-2-9(3-5-10)6-7-22-15-14(19)13(18)12(17)11(8-16)21-15/h3,5-10,12,19-23,28-31H,1-2,4,11,13-14H2;5-12,20-28H,2-4,13-15H2,1H3;1-2,6-11,19-23,25-28H,3-5,12-14H2;5-8,13-21H,2-4,9-10H2,1H3;2-5,11-19H,6-8H2,1H3/t19-,20-,21+,22-,23-;20-,21-,22+,23-,24-;19-,20-,21+,22-,23-;13-,14-,15+,16-,17+;11-,12-,13+,14-,15+/m11111/s1. The molecular weight excluding hydrogens is 1910 g/mol. The van der Waals surface area contributed by atoms with Crippen molar-refractivity contribution in [3.63, 3.8) is 0 Å². The highest BCUT2D eigenvalue weighted by Gasteiger charge is 2.49. The summed E-state index contributed by atoms with van der Waals surface area (Å²) in [6.45, 7) is 1.43. The first kappa shape index (κ1) is 118. The van der Waals surface area contributed by atoms with Gasteiger partial charge in [0.2, 0.25) is 0 Å². The van der Waals surface area contributed by atoms with Gasteiger partial charge >= 0.3 is 6.18 Å². The van der Waals surface area contributed by atoms with Crippen molar-refractivity contribution < 1.29 is 181 Å². The molecule has 33 nitrogen and oxygen atoms in total. The maximum Gasteiger partial charge on any atom is 0.416 e. The fraction of sp³-hybridized carbons (Fsp3) is 0.534. The van der Waals surface area contributed by atoms with Gasteiger partial charge in [0.25, 0.3) is 0 Å². The molecule has 788 valence electrons. The van der Waals surface area contributed by atoms with Gasteiger partial charge in [-0.05, 0) is 220 Å². The molecule has 5 aliphatic rings. The first-order valence-corrected chi connectivity index (χ1v) is 49.4. The number of methoxy groups -OCH3 is 2. The van der Waals surface area contributed by atoms with Gasteiger partial charge in [0.1, 0.15) is 187 Å². The number of thioether (sulfide) groups is 2. The van der Waals surface area contributed by atoms with Crippen LogP contribution in [0.25, 0.3) is 0 Å². The van der Waals surface area contributed by atoms with E-state index in [9.17, 15) is 109 Å². The predicted molar refractivity (Wildman–Crippen MR) is 514 cm³/mol. The summed E-state index contributed by atoms with van der Waals surface area (Å²) < 4.78 is 123. The van der Waals surface area contributed by atoms with Crippen LogP contribution in [-0.2, 0) is 96.0 Å². The molecule has 20 N–H and O–H groups in total. The van der Waals surface area contributed by atoms with E-state index < -0.39 is 190 Å². The summed E-state index contributed by atoms with van der Waals surface area (Å²) in [6, 6.07) is 58.4. The molecular formula is C103H138F4O33S2. The Bertz CT molecular complexity index is 4760. The zero-order chi connectivity index (χ0) is 103. The molecule has 8 aromatic rings. The highest BCUT2D eigenvalue weighted by Crippen LogP contribution is 2.35. The van der Waals surface area contributed by atoms with E-state index in [1.807, 2.05) is 109 Å². The van der Waals surface area contributed by atoms with E-state index in [0.29, 0.717) is 61.0 Å². The van der Waals surface area contributed by atoms with Gasteiger partial charge in [-0.15, -0.1) is 23.5 Å². The molecule has 39 heteroatoms. The topological polar surface area (TPSA) is 525 Å². The first-order valence-electron chi connectivity index (χ1n) is 47.3. The Morgan fingerprint density at radius 2 is 0.606 bits per heavy atom. The average molecular weight is 2040 g/mol. The van der Waals surface area contributed by atoms with Crippen LogP contribution in [0, 0.1) is 12.7 Å². The molecule has 5 heterocycles. The van der Waals surface area contributed by atoms with Crippen LogP contribution in [0.5, 0.6) is 28.7 Å². The predicted octanol–water partition coefficient (Wildman–Crippen LogP) is 6.00. The minimum Gasteiger partial charge on any atom is -0.497 e. The van der Waals surface area contributed by atoms with Crippen LogP contribution in [0.2, 0.25) is 0 Å². The number of aliphatic hydroxyl groups excluding tert-OH is 20. The van der Waals surface area contributed by atoms with Crippen molar-refractivity contribution in [2.24, 2.45) is 0 Å². The number of unbranched alkanes of at least 4 members (excludes halogenated alkanes) is 4. The lowest BCUT2D eigenvalue weighted by Crippen LogP contribution is -2.59. The summed E-state index contributed by atoms with van der Waals surface area (Å²) in [5, 5.41) is 193. The van der Waals surface area contributed by atoms with Crippen molar-refractivity contribution >= 4 is 23.5 Å². The van der Waals surface area contributed by atoms with Crippen LogP contribution < -0.4 is 23.7 Å². The van der Waals surface area contributed by atoms with Crippen molar-refractivity contribution in [1.82, 2.24) is 0 Å². The molecule has 0 spiro atoms. The minimum absolute atomic E-state index is 0.0263. The molecule has 5 aliphatic heterocycles. The molecule has 0 aliphatic carbocycles. The summed E-state index contributed by atoms with van der Waals surface area (Å²) in [4.78, 5) is 0. The van der Waals surface area contributed by atoms with E-state index in [4.69, 9.17) is 71.8 Å². The average Bonchev–Trinajstić information content (AvgIpc) is 0.833. The van der Waals surface area contributed by atoms with Crippen molar-refractivity contribution in [1.29, 1.82) is 0 Å². The van der Waals surface area contributed by atoms with Gasteiger partial charge in [0.05, 0.1) is 52.8 Å². The van der Waals surface area contributed by atoms with E-state index in [1.165, 1.54) is 52.3 Å². The number of benzene rings is 8. The number of aliphatic hydroxyl groups is 20. The molecule has 0 bridgehead atoms. The summed E-state index contributed by atoms with van der Waals surface area (Å²) in [7, 11) is 3.26. The Labute approximate surface area is 831 Å². The SMILES string of the molecule is COc1ccc(CCCCS[C@@H]2O[C@H](CO)[C@@H](O)[C@H](O)[C@H]2O)cc1.COc1ccc(CCS[C@@H]2O[C@H](CO)[C@@H](O)[C@H](O)[C@H]2O)cc1.Cc1ccc(COc2ccc(CCCCO[C@@H]3O[C@H](CO)[C@@H](O)[C@H](O)[C@H]3O)cc2)cc1.OC[C@H]1O[C@@H](OCCCCc2ccc(OCc3cccc(C(F)(F)F)c3)cc2)[C@H](O)[C@@H](O)[C@@H]1O.OC[C@H]1O[C@@H](OCCCCc2ccc(OCc3ccccc3F)cc2)[C@H](O)[C@@H](O)[C@@H]1O. The number of hydrogen-bond donors (Lipinski definition) is 20.